The van der Waals surface area contributed by atoms with Gasteiger partial charge in [-0.25, -0.2) is 8.42 Å². The molecule has 0 unspecified atom stereocenters. The molecule has 0 bridgehead atoms. The number of aromatic nitrogens is 1. The number of hydrogen-bond donors (Lipinski definition) is 0. The second-order valence-electron chi connectivity index (χ2n) is 4.59. The Hall–Kier alpha value is -1.67. The molecule has 0 atom stereocenters. The Labute approximate surface area is 117 Å². The summed E-state index contributed by atoms with van der Waals surface area (Å²) in [5, 5.41) is 3.68. The van der Waals surface area contributed by atoms with Gasteiger partial charge in [0.2, 0.25) is 15.9 Å². The van der Waals surface area contributed by atoms with Gasteiger partial charge in [0.25, 0.3) is 0 Å². The normalized spacial score (nSPS) is 17.2. The van der Waals surface area contributed by atoms with Crippen molar-refractivity contribution in [1.82, 2.24) is 14.4 Å². The second-order valence-corrected chi connectivity index (χ2v) is 6.46. The first-order valence-electron chi connectivity index (χ1n) is 6.22. The summed E-state index contributed by atoms with van der Waals surface area (Å²) < 4.78 is 31.3. The third-order valence-electron chi connectivity index (χ3n) is 3.29. The third-order valence-corrected chi connectivity index (χ3v) is 5.43. The minimum Gasteiger partial charge on any atom is -0.360 e. The van der Waals surface area contributed by atoms with Gasteiger partial charge in [-0.15, -0.1) is 0 Å². The van der Waals surface area contributed by atoms with Gasteiger partial charge in [0, 0.05) is 26.2 Å². The van der Waals surface area contributed by atoms with Crippen molar-refractivity contribution in [3.8, 4) is 0 Å². The van der Waals surface area contributed by atoms with Gasteiger partial charge >= 0.3 is 0 Å². The SMILES string of the molecule is C=CC(=O)N1CCN(S(=O)(=O)c2c(C)noc2C)CC1. The number of rotatable bonds is 3. The highest BCUT2D eigenvalue weighted by Crippen LogP contribution is 2.24. The highest BCUT2D eigenvalue weighted by atomic mass is 32.2. The van der Waals surface area contributed by atoms with E-state index in [9.17, 15) is 13.2 Å². The Balaban J connectivity index is 2.18. The molecule has 0 N–H and O–H groups in total. The number of carbonyl (C=O) groups excluding carboxylic acids is 1. The number of sulfonamides is 1. The molecule has 1 aliphatic rings. The topological polar surface area (TPSA) is 83.7 Å². The van der Waals surface area contributed by atoms with Crippen molar-refractivity contribution in [3.05, 3.63) is 24.1 Å². The van der Waals surface area contributed by atoms with Crippen LogP contribution >= 0.6 is 0 Å². The molecular weight excluding hydrogens is 282 g/mol. The van der Waals surface area contributed by atoms with Gasteiger partial charge in [-0.1, -0.05) is 11.7 Å². The maximum atomic E-state index is 12.5. The maximum Gasteiger partial charge on any atom is 0.248 e. The fourth-order valence-electron chi connectivity index (χ4n) is 2.25. The highest BCUT2D eigenvalue weighted by molar-refractivity contribution is 7.89. The summed E-state index contributed by atoms with van der Waals surface area (Å²) in [4.78, 5) is 13.2. The van der Waals surface area contributed by atoms with E-state index in [1.54, 1.807) is 18.7 Å². The number of amides is 1. The average molecular weight is 299 g/mol. The van der Waals surface area contributed by atoms with Crippen molar-refractivity contribution >= 4 is 15.9 Å². The van der Waals surface area contributed by atoms with Crippen LogP contribution in [0.3, 0.4) is 0 Å². The van der Waals surface area contributed by atoms with E-state index in [-0.39, 0.29) is 29.7 Å². The summed E-state index contributed by atoms with van der Waals surface area (Å²) in [7, 11) is -3.62. The zero-order valence-corrected chi connectivity index (χ0v) is 12.3. The molecule has 0 radical (unpaired) electrons. The maximum absolute atomic E-state index is 12.5. The monoisotopic (exact) mass is 299 g/mol. The van der Waals surface area contributed by atoms with Crippen LogP contribution in [0.5, 0.6) is 0 Å². The lowest BCUT2D eigenvalue weighted by Crippen LogP contribution is -2.50. The Bertz CT molecular complexity index is 608. The molecule has 1 aromatic heterocycles. The standard InChI is InChI=1S/C12H17N3O4S/c1-4-11(16)14-5-7-15(8-6-14)20(17,18)12-9(2)13-19-10(12)3/h4H,1,5-8H2,2-3H3. The first-order valence-corrected chi connectivity index (χ1v) is 7.66. The molecule has 2 rings (SSSR count). The third kappa shape index (κ3) is 2.48. The molecule has 20 heavy (non-hydrogen) atoms. The van der Waals surface area contributed by atoms with Gasteiger partial charge < -0.3 is 9.42 Å². The Morgan fingerprint density at radius 1 is 1.30 bits per heavy atom. The van der Waals surface area contributed by atoms with Crippen molar-refractivity contribution in [3.63, 3.8) is 0 Å². The van der Waals surface area contributed by atoms with Crippen molar-refractivity contribution in [2.75, 3.05) is 26.2 Å². The Morgan fingerprint density at radius 2 is 1.90 bits per heavy atom. The first kappa shape index (κ1) is 14.7. The van der Waals surface area contributed by atoms with E-state index in [1.165, 1.54) is 10.4 Å². The molecule has 2 heterocycles. The van der Waals surface area contributed by atoms with Crippen LogP contribution < -0.4 is 0 Å². The summed E-state index contributed by atoms with van der Waals surface area (Å²) in [6.45, 7) is 7.82. The summed E-state index contributed by atoms with van der Waals surface area (Å²) in [5.41, 5.74) is 0.354. The summed E-state index contributed by atoms with van der Waals surface area (Å²) >= 11 is 0. The van der Waals surface area contributed by atoms with Crippen LogP contribution in [0.15, 0.2) is 22.1 Å². The number of piperazine rings is 1. The van der Waals surface area contributed by atoms with Crippen LogP contribution in [0.4, 0.5) is 0 Å². The molecule has 0 spiro atoms. The molecule has 0 aromatic carbocycles. The van der Waals surface area contributed by atoms with Gasteiger partial charge in [0.15, 0.2) is 5.76 Å². The van der Waals surface area contributed by atoms with Crippen LogP contribution in [0.2, 0.25) is 0 Å². The number of nitrogens with zero attached hydrogens (tertiary/aromatic N) is 3. The molecule has 110 valence electrons. The van der Waals surface area contributed by atoms with E-state index in [0.717, 1.165) is 0 Å². The van der Waals surface area contributed by atoms with Crippen LogP contribution in [0.25, 0.3) is 0 Å². The molecule has 1 amide bonds. The molecule has 1 fully saturated rings. The fourth-order valence-corrected chi connectivity index (χ4v) is 3.96. The predicted octanol–water partition coefficient (Wildman–Crippen LogP) is 0.310. The summed E-state index contributed by atoms with van der Waals surface area (Å²) in [6.07, 6.45) is 1.23. The molecule has 8 heteroatoms. The number of aryl methyl sites for hydroxylation is 2. The quantitative estimate of drug-likeness (QED) is 0.750. The van der Waals surface area contributed by atoms with E-state index < -0.39 is 10.0 Å². The van der Waals surface area contributed by atoms with Crippen molar-refractivity contribution in [2.45, 2.75) is 18.7 Å². The number of hydrogen-bond acceptors (Lipinski definition) is 5. The van der Waals surface area contributed by atoms with Crippen molar-refractivity contribution < 1.29 is 17.7 Å². The summed E-state index contributed by atoms with van der Waals surface area (Å²) in [6, 6.07) is 0. The Morgan fingerprint density at radius 3 is 2.35 bits per heavy atom. The van der Waals surface area contributed by atoms with E-state index in [2.05, 4.69) is 11.7 Å². The van der Waals surface area contributed by atoms with Crippen LogP contribution in [-0.4, -0.2) is 54.9 Å². The van der Waals surface area contributed by atoms with Gasteiger partial charge in [-0.2, -0.15) is 4.31 Å². The van der Waals surface area contributed by atoms with E-state index in [0.29, 0.717) is 18.8 Å². The van der Waals surface area contributed by atoms with E-state index in [4.69, 9.17) is 4.52 Å². The minimum atomic E-state index is -3.62. The summed E-state index contributed by atoms with van der Waals surface area (Å²) in [5.74, 6) is 0.103. The highest BCUT2D eigenvalue weighted by Gasteiger charge is 2.33. The Kier molecular flexibility index (Phi) is 3.96. The molecule has 0 saturated carbocycles. The minimum absolute atomic E-state index is 0.126. The number of carbonyl (C=O) groups is 1. The van der Waals surface area contributed by atoms with Gasteiger partial charge in [0.05, 0.1) is 0 Å². The van der Waals surface area contributed by atoms with Crippen molar-refractivity contribution in [1.29, 1.82) is 0 Å². The lowest BCUT2D eigenvalue weighted by molar-refractivity contribution is -0.127. The fraction of sp³-hybridized carbons (Fsp3) is 0.500. The molecular formula is C12H17N3O4S. The predicted molar refractivity (Wildman–Crippen MR) is 71.5 cm³/mol. The average Bonchev–Trinajstić information content (AvgIpc) is 2.78. The van der Waals surface area contributed by atoms with Gasteiger partial charge in [0.1, 0.15) is 10.6 Å². The zero-order valence-electron chi connectivity index (χ0n) is 11.5. The lowest BCUT2D eigenvalue weighted by Gasteiger charge is -2.33. The van der Waals surface area contributed by atoms with E-state index >= 15 is 0 Å². The molecule has 1 aromatic rings. The van der Waals surface area contributed by atoms with Gasteiger partial charge in [-0.05, 0) is 19.9 Å². The van der Waals surface area contributed by atoms with Crippen LogP contribution in [-0.2, 0) is 14.8 Å². The van der Waals surface area contributed by atoms with Gasteiger partial charge in [-0.3, -0.25) is 4.79 Å². The largest absolute Gasteiger partial charge is 0.360 e. The smallest absolute Gasteiger partial charge is 0.248 e. The first-order chi connectivity index (χ1) is 9.37. The second kappa shape index (κ2) is 5.37. The molecule has 1 saturated heterocycles. The van der Waals surface area contributed by atoms with Crippen LogP contribution in [0, 0.1) is 13.8 Å². The molecule has 0 aliphatic carbocycles. The molecule has 1 aliphatic heterocycles. The lowest BCUT2D eigenvalue weighted by atomic mass is 10.3. The molecule has 7 nitrogen and oxygen atoms in total. The van der Waals surface area contributed by atoms with E-state index in [1.807, 2.05) is 0 Å². The van der Waals surface area contributed by atoms with Crippen LogP contribution in [0.1, 0.15) is 11.5 Å². The zero-order chi connectivity index (χ0) is 14.9. The van der Waals surface area contributed by atoms with Crippen molar-refractivity contribution in [2.24, 2.45) is 0 Å².